The van der Waals surface area contributed by atoms with E-state index in [4.69, 9.17) is 9.47 Å². The van der Waals surface area contributed by atoms with Crippen LogP contribution in [0, 0.1) is 0 Å². The lowest BCUT2D eigenvalue weighted by molar-refractivity contribution is 0.174. The average Bonchev–Trinajstić information content (AvgIpc) is 2.79. The Bertz CT molecular complexity index is 485. The van der Waals surface area contributed by atoms with Gasteiger partial charge in [-0.2, -0.15) is 0 Å². The Kier molecular flexibility index (Phi) is 2.36. The summed E-state index contributed by atoms with van der Waals surface area (Å²) in [4.78, 5) is 13.2. The highest BCUT2D eigenvalue weighted by Gasteiger charge is 2.17. The summed E-state index contributed by atoms with van der Waals surface area (Å²) in [6, 6.07) is 5.62. The van der Waals surface area contributed by atoms with Crippen LogP contribution >= 0.6 is 0 Å². The molecule has 0 unspecified atom stereocenters. The topological polar surface area (TPSA) is 50.8 Å². The molecule has 0 spiro atoms. The van der Waals surface area contributed by atoms with Gasteiger partial charge < -0.3 is 14.8 Å². The number of nitrogens with one attached hydrogen (secondary N) is 1. The minimum atomic E-state index is -0.0785. The number of benzene rings is 1. The number of ether oxygens (including phenoxy) is 2. The summed E-state index contributed by atoms with van der Waals surface area (Å²) in [6.07, 6.45) is 3.71. The molecule has 1 N–H and O–H groups in total. The van der Waals surface area contributed by atoms with Crippen LogP contribution < -0.4 is 14.8 Å². The van der Waals surface area contributed by atoms with E-state index >= 15 is 0 Å². The Morgan fingerprint density at radius 2 is 2.18 bits per heavy atom. The van der Waals surface area contributed by atoms with Crippen LogP contribution in [0.2, 0.25) is 0 Å². The van der Waals surface area contributed by atoms with E-state index in [0.29, 0.717) is 13.1 Å². The van der Waals surface area contributed by atoms with Gasteiger partial charge >= 0.3 is 6.03 Å². The van der Waals surface area contributed by atoms with E-state index in [2.05, 4.69) is 5.32 Å². The standard InChI is InChI=1S/C12H12N2O3/c15-12-13-4-1-5-14(12)7-9-2-3-10-11(6-9)17-8-16-10/h1-3,5-6H,4,7-8H2,(H,13,15). The normalized spacial score (nSPS) is 17.2. The van der Waals surface area contributed by atoms with Gasteiger partial charge in [0.1, 0.15) is 0 Å². The molecule has 2 heterocycles. The summed E-state index contributed by atoms with van der Waals surface area (Å²) in [7, 11) is 0. The molecule has 0 saturated carbocycles. The second-order valence-electron chi connectivity index (χ2n) is 3.89. The maximum atomic E-state index is 11.5. The molecule has 5 heteroatoms. The van der Waals surface area contributed by atoms with Crippen LogP contribution in [-0.2, 0) is 6.54 Å². The first-order valence-electron chi connectivity index (χ1n) is 5.42. The van der Waals surface area contributed by atoms with Crippen molar-refractivity contribution in [2.75, 3.05) is 13.3 Å². The average molecular weight is 232 g/mol. The Balaban J connectivity index is 1.79. The summed E-state index contributed by atoms with van der Waals surface area (Å²) in [5.74, 6) is 1.50. The third-order valence-corrected chi connectivity index (χ3v) is 2.71. The smallest absolute Gasteiger partial charge is 0.321 e. The molecule has 0 aliphatic carbocycles. The Labute approximate surface area is 98.6 Å². The van der Waals surface area contributed by atoms with Crippen molar-refractivity contribution in [1.29, 1.82) is 0 Å². The molecule has 2 aliphatic rings. The highest BCUT2D eigenvalue weighted by Crippen LogP contribution is 2.32. The van der Waals surface area contributed by atoms with Crippen molar-refractivity contribution in [2.24, 2.45) is 0 Å². The summed E-state index contributed by atoms with van der Waals surface area (Å²) >= 11 is 0. The van der Waals surface area contributed by atoms with E-state index in [0.717, 1.165) is 17.1 Å². The van der Waals surface area contributed by atoms with E-state index in [-0.39, 0.29) is 12.8 Å². The molecule has 1 aromatic carbocycles. The molecular weight excluding hydrogens is 220 g/mol. The maximum absolute atomic E-state index is 11.5. The predicted octanol–water partition coefficient (Wildman–Crippen LogP) is 1.45. The molecule has 2 amide bonds. The zero-order valence-electron chi connectivity index (χ0n) is 9.18. The third kappa shape index (κ3) is 1.91. The van der Waals surface area contributed by atoms with Crippen molar-refractivity contribution in [3.05, 3.63) is 36.0 Å². The minimum absolute atomic E-state index is 0.0785. The van der Waals surface area contributed by atoms with Crippen LogP contribution in [0.25, 0.3) is 0 Å². The number of hydrogen-bond acceptors (Lipinski definition) is 3. The first-order valence-corrected chi connectivity index (χ1v) is 5.42. The van der Waals surface area contributed by atoms with Crippen molar-refractivity contribution in [2.45, 2.75) is 6.54 Å². The van der Waals surface area contributed by atoms with Gasteiger partial charge in [-0.3, -0.25) is 4.90 Å². The molecular formula is C12H12N2O3. The first-order chi connectivity index (χ1) is 8.33. The van der Waals surface area contributed by atoms with Gasteiger partial charge in [0.25, 0.3) is 0 Å². The number of rotatable bonds is 2. The van der Waals surface area contributed by atoms with Crippen molar-refractivity contribution in [1.82, 2.24) is 10.2 Å². The third-order valence-electron chi connectivity index (χ3n) is 2.71. The highest BCUT2D eigenvalue weighted by molar-refractivity contribution is 5.76. The van der Waals surface area contributed by atoms with E-state index < -0.39 is 0 Å². The number of nitrogens with zero attached hydrogens (tertiary/aromatic N) is 1. The molecule has 3 rings (SSSR count). The highest BCUT2D eigenvalue weighted by atomic mass is 16.7. The van der Waals surface area contributed by atoms with Gasteiger partial charge in [-0.15, -0.1) is 0 Å². The maximum Gasteiger partial charge on any atom is 0.321 e. The summed E-state index contributed by atoms with van der Waals surface area (Å²) in [6.45, 7) is 1.39. The monoisotopic (exact) mass is 232 g/mol. The molecule has 5 nitrogen and oxygen atoms in total. The number of hydrogen-bond donors (Lipinski definition) is 1. The molecule has 0 atom stereocenters. The molecule has 88 valence electrons. The summed E-state index contributed by atoms with van der Waals surface area (Å²) in [5, 5.41) is 2.75. The molecule has 2 aliphatic heterocycles. The lowest BCUT2D eigenvalue weighted by Crippen LogP contribution is -2.39. The van der Waals surface area contributed by atoms with Gasteiger partial charge in [0.2, 0.25) is 6.79 Å². The molecule has 17 heavy (non-hydrogen) atoms. The SMILES string of the molecule is O=C1NCC=CN1Cc1ccc2c(c1)OCO2. The molecule has 0 radical (unpaired) electrons. The van der Waals surface area contributed by atoms with Crippen LogP contribution in [0.15, 0.2) is 30.5 Å². The van der Waals surface area contributed by atoms with Crippen LogP contribution in [0.1, 0.15) is 5.56 Å². The summed E-state index contributed by atoms with van der Waals surface area (Å²) < 4.78 is 10.5. The lowest BCUT2D eigenvalue weighted by atomic mass is 10.2. The second kappa shape index (κ2) is 4.01. The molecule has 0 bridgehead atoms. The van der Waals surface area contributed by atoms with E-state index in [1.807, 2.05) is 24.3 Å². The molecule has 0 fully saturated rings. The summed E-state index contributed by atoms with van der Waals surface area (Å²) in [5.41, 5.74) is 1.01. The first kappa shape index (κ1) is 10.0. The van der Waals surface area contributed by atoms with Crippen molar-refractivity contribution >= 4 is 6.03 Å². The van der Waals surface area contributed by atoms with Gasteiger partial charge in [-0.05, 0) is 23.8 Å². The van der Waals surface area contributed by atoms with Crippen molar-refractivity contribution in [3.8, 4) is 11.5 Å². The number of carbonyl (C=O) groups excluding carboxylic acids is 1. The van der Waals surface area contributed by atoms with E-state index in [9.17, 15) is 4.79 Å². The largest absolute Gasteiger partial charge is 0.454 e. The molecule has 0 saturated heterocycles. The number of carbonyl (C=O) groups is 1. The second-order valence-corrected chi connectivity index (χ2v) is 3.89. The Morgan fingerprint density at radius 1 is 1.29 bits per heavy atom. The zero-order chi connectivity index (χ0) is 11.7. The van der Waals surface area contributed by atoms with Crippen LogP contribution in [0.3, 0.4) is 0 Å². The van der Waals surface area contributed by atoms with E-state index in [1.165, 1.54) is 0 Å². The number of fused-ring (bicyclic) bond motifs is 1. The Morgan fingerprint density at radius 3 is 3.06 bits per heavy atom. The fraction of sp³-hybridized carbons (Fsp3) is 0.250. The van der Waals surface area contributed by atoms with Crippen LogP contribution in [0.4, 0.5) is 4.79 Å². The Hall–Kier alpha value is -2.17. The van der Waals surface area contributed by atoms with Crippen LogP contribution in [0.5, 0.6) is 11.5 Å². The lowest BCUT2D eigenvalue weighted by Gasteiger charge is -2.22. The fourth-order valence-electron chi connectivity index (χ4n) is 1.86. The van der Waals surface area contributed by atoms with Crippen molar-refractivity contribution in [3.63, 3.8) is 0 Å². The zero-order valence-corrected chi connectivity index (χ0v) is 9.18. The fourth-order valence-corrected chi connectivity index (χ4v) is 1.86. The van der Waals surface area contributed by atoms with Gasteiger partial charge in [0, 0.05) is 12.7 Å². The predicted molar refractivity (Wildman–Crippen MR) is 60.6 cm³/mol. The molecule has 1 aromatic rings. The minimum Gasteiger partial charge on any atom is -0.454 e. The van der Waals surface area contributed by atoms with E-state index in [1.54, 1.807) is 11.1 Å². The quantitative estimate of drug-likeness (QED) is 0.839. The van der Waals surface area contributed by atoms with Gasteiger partial charge in [-0.1, -0.05) is 6.07 Å². The van der Waals surface area contributed by atoms with Crippen molar-refractivity contribution < 1.29 is 14.3 Å². The number of urea groups is 1. The molecule has 0 aromatic heterocycles. The van der Waals surface area contributed by atoms with Gasteiger partial charge in [0.05, 0.1) is 6.54 Å². The van der Waals surface area contributed by atoms with Crippen LogP contribution in [-0.4, -0.2) is 24.3 Å². The van der Waals surface area contributed by atoms with Gasteiger partial charge in [-0.25, -0.2) is 4.79 Å². The number of amides is 2. The van der Waals surface area contributed by atoms with Gasteiger partial charge in [0.15, 0.2) is 11.5 Å².